The van der Waals surface area contributed by atoms with Crippen molar-refractivity contribution in [3.8, 4) is 5.69 Å². The van der Waals surface area contributed by atoms with Crippen LogP contribution in [-0.4, -0.2) is 39.1 Å². The van der Waals surface area contributed by atoms with Crippen molar-refractivity contribution in [2.75, 3.05) is 11.9 Å². The molecule has 1 saturated heterocycles. The highest BCUT2D eigenvalue weighted by Gasteiger charge is 2.33. The average molecular weight is 338 g/mol. The Morgan fingerprint density at radius 2 is 2.24 bits per heavy atom. The second-order valence-electron chi connectivity index (χ2n) is 6.06. The number of aromatic nitrogens is 2. The number of likely N-dealkylation sites (tertiary alicyclic amines) is 1. The zero-order chi connectivity index (χ0) is 17.6. The van der Waals surface area contributed by atoms with E-state index in [0.717, 1.165) is 12.1 Å². The first-order chi connectivity index (χ1) is 12.2. The second kappa shape index (κ2) is 7.79. The molecule has 1 fully saturated rings. The highest BCUT2D eigenvalue weighted by atomic mass is 16.2. The maximum atomic E-state index is 12.7. The molecule has 2 aromatic rings. The van der Waals surface area contributed by atoms with E-state index in [4.69, 9.17) is 0 Å². The fraction of sp³-hybridized carbons (Fsp3) is 0.316. The van der Waals surface area contributed by atoms with Crippen molar-refractivity contribution in [2.45, 2.75) is 31.7 Å². The van der Waals surface area contributed by atoms with Gasteiger partial charge in [0.05, 0.1) is 5.69 Å². The molecule has 0 spiro atoms. The van der Waals surface area contributed by atoms with Crippen LogP contribution in [0.2, 0.25) is 0 Å². The summed E-state index contributed by atoms with van der Waals surface area (Å²) < 4.78 is 1.73. The van der Waals surface area contributed by atoms with Gasteiger partial charge in [0.25, 0.3) is 0 Å². The molecule has 1 aromatic carbocycles. The number of benzene rings is 1. The van der Waals surface area contributed by atoms with Gasteiger partial charge in [-0.15, -0.1) is 6.58 Å². The largest absolute Gasteiger partial charge is 0.331 e. The van der Waals surface area contributed by atoms with E-state index in [1.807, 2.05) is 36.5 Å². The normalized spacial score (nSPS) is 16.6. The van der Waals surface area contributed by atoms with Crippen molar-refractivity contribution in [1.29, 1.82) is 0 Å². The van der Waals surface area contributed by atoms with Gasteiger partial charge in [-0.05, 0) is 43.5 Å². The van der Waals surface area contributed by atoms with Crippen molar-refractivity contribution in [3.63, 3.8) is 0 Å². The lowest BCUT2D eigenvalue weighted by Gasteiger charge is -2.24. The molecule has 2 heterocycles. The van der Waals surface area contributed by atoms with Gasteiger partial charge in [-0.1, -0.05) is 12.1 Å². The summed E-state index contributed by atoms with van der Waals surface area (Å²) in [5.74, 6) is -0.120. The van der Waals surface area contributed by atoms with Gasteiger partial charge in [0.15, 0.2) is 0 Å². The molecule has 130 valence electrons. The van der Waals surface area contributed by atoms with E-state index >= 15 is 0 Å². The van der Waals surface area contributed by atoms with Crippen LogP contribution in [0, 0.1) is 0 Å². The van der Waals surface area contributed by atoms with Crippen LogP contribution >= 0.6 is 0 Å². The first-order valence-electron chi connectivity index (χ1n) is 8.50. The molecule has 1 aliphatic rings. The monoisotopic (exact) mass is 338 g/mol. The first kappa shape index (κ1) is 17.0. The second-order valence-corrected chi connectivity index (χ2v) is 6.06. The number of allylic oxidation sites excluding steroid dienone is 1. The van der Waals surface area contributed by atoms with E-state index in [2.05, 4.69) is 17.0 Å². The van der Waals surface area contributed by atoms with Crippen LogP contribution in [0.5, 0.6) is 0 Å². The van der Waals surface area contributed by atoms with Gasteiger partial charge < -0.3 is 10.2 Å². The summed E-state index contributed by atoms with van der Waals surface area (Å²) in [5.41, 5.74) is 1.57. The van der Waals surface area contributed by atoms with Crippen molar-refractivity contribution in [3.05, 3.63) is 55.4 Å². The number of nitrogens with zero attached hydrogens (tertiary/aromatic N) is 3. The standard InChI is InChI=1S/C19H22N4O2/c1-2-3-10-18(24)22-12-5-9-17(22)19(25)21-15-7-4-8-16(14-15)23-13-6-11-20-23/h2,4,6-8,11,13-14,17H,1,3,5,9-10,12H2,(H,21,25)/t17-/m1/s1. The third-order valence-electron chi connectivity index (χ3n) is 4.32. The molecule has 0 unspecified atom stereocenters. The highest BCUT2D eigenvalue weighted by molar-refractivity contribution is 5.97. The summed E-state index contributed by atoms with van der Waals surface area (Å²) in [4.78, 5) is 26.6. The Balaban J connectivity index is 1.68. The van der Waals surface area contributed by atoms with E-state index < -0.39 is 6.04 Å². The van der Waals surface area contributed by atoms with E-state index in [9.17, 15) is 9.59 Å². The number of anilines is 1. The van der Waals surface area contributed by atoms with Crippen molar-refractivity contribution in [1.82, 2.24) is 14.7 Å². The van der Waals surface area contributed by atoms with Gasteiger partial charge in [-0.2, -0.15) is 5.10 Å². The number of rotatable bonds is 6. The number of hydrogen-bond donors (Lipinski definition) is 1. The minimum atomic E-state index is -0.398. The summed E-state index contributed by atoms with van der Waals surface area (Å²) in [5, 5.41) is 7.12. The molecule has 6 nitrogen and oxygen atoms in total. The quantitative estimate of drug-likeness (QED) is 0.824. The maximum Gasteiger partial charge on any atom is 0.247 e. The van der Waals surface area contributed by atoms with E-state index in [-0.39, 0.29) is 11.8 Å². The summed E-state index contributed by atoms with van der Waals surface area (Å²) >= 11 is 0. The van der Waals surface area contributed by atoms with Crippen LogP contribution in [-0.2, 0) is 9.59 Å². The fourth-order valence-corrected chi connectivity index (χ4v) is 3.08. The Morgan fingerprint density at radius 3 is 3.00 bits per heavy atom. The molecule has 25 heavy (non-hydrogen) atoms. The van der Waals surface area contributed by atoms with Gasteiger partial charge in [0.2, 0.25) is 11.8 Å². The number of carbonyl (C=O) groups excluding carboxylic acids is 2. The van der Waals surface area contributed by atoms with Gasteiger partial charge in [0.1, 0.15) is 6.04 Å². The van der Waals surface area contributed by atoms with Crippen molar-refractivity contribution < 1.29 is 9.59 Å². The van der Waals surface area contributed by atoms with Gasteiger partial charge in [-0.25, -0.2) is 4.68 Å². The molecule has 6 heteroatoms. The summed E-state index contributed by atoms with van der Waals surface area (Å²) in [6, 6.07) is 8.94. The van der Waals surface area contributed by atoms with E-state index in [1.54, 1.807) is 21.9 Å². The van der Waals surface area contributed by atoms with E-state index in [0.29, 0.717) is 31.5 Å². The molecule has 1 atom stereocenters. The Morgan fingerprint density at radius 1 is 1.36 bits per heavy atom. The Hall–Kier alpha value is -2.89. The lowest BCUT2D eigenvalue weighted by Crippen LogP contribution is -2.43. The van der Waals surface area contributed by atoms with Crippen LogP contribution in [0.4, 0.5) is 5.69 Å². The smallest absolute Gasteiger partial charge is 0.247 e. The minimum absolute atomic E-state index is 0.0165. The molecular formula is C19H22N4O2. The lowest BCUT2D eigenvalue weighted by molar-refractivity contribution is -0.136. The minimum Gasteiger partial charge on any atom is -0.331 e. The molecule has 0 saturated carbocycles. The lowest BCUT2D eigenvalue weighted by atomic mass is 10.2. The molecule has 3 rings (SSSR count). The number of hydrogen-bond acceptors (Lipinski definition) is 3. The number of carbonyl (C=O) groups is 2. The number of amides is 2. The highest BCUT2D eigenvalue weighted by Crippen LogP contribution is 2.21. The molecule has 2 amide bonds. The summed E-state index contributed by atoms with van der Waals surface area (Å²) in [6.45, 7) is 4.28. The molecule has 1 aliphatic heterocycles. The third kappa shape index (κ3) is 3.96. The van der Waals surface area contributed by atoms with Gasteiger partial charge in [-0.3, -0.25) is 9.59 Å². The zero-order valence-corrected chi connectivity index (χ0v) is 14.1. The SMILES string of the molecule is C=CCCC(=O)N1CCC[C@@H]1C(=O)Nc1cccc(-n2cccn2)c1. The first-order valence-corrected chi connectivity index (χ1v) is 8.50. The van der Waals surface area contributed by atoms with Crippen LogP contribution in [0.25, 0.3) is 5.69 Å². The molecular weight excluding hydrogens is 316 g/mol. The van der Waals surface area contributed by atoms with Crippen molar-refractivity contribution >= 4 is 17.5 Å². The van der Waals surface area contributed by atoms with Crippen LogP contribution < -0.4 is 5.32 Å². The van der Waals surface area contributed by atoms with Crippen LogP contribution in [0.3, 0.4) is 0 Å². The molecule has 1 N–H and O–H groups in total. The van der Waals surface area contributed by atoms with Gasteiger partial charge >= 0.3 is 0 Å². The zero-order valence-electron chi connectivity index (χ0n) is 14.1. The Bertz CT molecular complexity index is 755. The predicted octanol–water partition coefficient (Wildman–Crippen LogP) is 2.77. The van der Waals surface area contributed by atoms with E-state index in [1.165, 1.54) is 0 Å². The number of nitrogens with one attached hydrogen (secondary N) is 1. The summed E-state index contributed by atoms with van der Waals surface area (Å²) in [7, 11) is 0. The van der Waals surface area contributed by atoms with Crippen LogP contribution in [0.1, 0.15) is 25.7 Å². The molecule has 1 aromatic heterocycles. The summed E-state index contributed by atoms with van der Waals surface area (Å²) in [6.07, 6.45) is 7.87. The topological polar surface area (TPSA) is 67.2 Å². The molecule has 0 bridgehead atoms. The Labute approximate surface area is 147 Å². The predicted molar refractivity (Wildman–Crippen MR) is 96.4 cm³/mol. The third-order valence-corrected chi connectivity index (χ3v) is 4.32. The molecule has 0 aliphatic carbocycles. The van der Waals surface area contributed by atoms with Crippen LogP contribution in [0.15, 0.2) is 55.4 Å². The maximum absolute atomic E-state index is 12.7. The van der Waals surface area contributed by atoms with Gasteiger partial charge in [0, 0.05) is 31.0 Å². The average Bonchev–Trinajstić information content (AvgIpc) is 3.31. The Kier molecular flexibility index (Phi) is 5.28. The van der Waals surface area contributed by atoms with Crippen molar-refractivity contribution in [2.24, 2.45) is 0 Å². The fourth-order valence-electron chi connectivity index (χ4n) is 3.08. The molecule has 0 radical (unpaired) electrons.